The van der Waals surface area contributed by atoms with Crippen molar-refractivity contribution in [3.05, 3.63) is 126 Å². The molecule has 0 spiro atoms. The van der Waals surface area contributed by atoms with E-state index in [2.05, 4.69) is 17.2 Å². The van der Waals surface area contributed by atoms with E-state index in [1.54, 1.807) is 45.2 Å². The first-order chi connectivity index (χ1) is 25.2. The van der Waals surface area contributed by atoms with Gasteiger partial charge in [-0.3, -0.25) is 14.6 Å². The Bertz CT molecular complexity index is 1900. The lowest BCUT2D eigenvalue weighted by Crippen LogP contribution is -2.66. The summed E-state index contributed by atoms with van der Waals surface area (Å²) in [6.45, 7) is 5.96. The van der Waals surface area contributed by atoms with E-state index in [1.807, 2.05) is 91.8 Å². The minimum Gasteiger partial charge on any atom is -0.410 e. The van der Waals surface area contributed by atoms with Crippen molar-refractivity contribution in [2.24, 2.45) is 0 Å². The van der Waals surface area contributed by atoms with Gasteiger partial charge in [-0.15, -0.1) is 6.58 Å². The molecule has 2 saturated heterocycles. The van der Waals surface area contributed by atoms with Crippen molar-refractivity contribution in [1.82, 2.24) is 35.4 Å². The van der Waals surface area contributed by atoms with E-state index in [1.165, 1.54) is 5.01 Å². The molecule has 2 aliphatic heterocycles. The number of benzene rings is 4. The second-order valence-corrected chi connectivity index (χ2v) is 13.2. The number of fused-ring (bicyclic) bond motifs is 2. The Balaban J connectivity index is 1.25. The summed E-state index contributed by atoms with van der Waals surface area (Å²) in [5, 5.41) is 11.1. The van der Waals surface area contributed by atoms with Gasteiger partial charge in [-0.05, 0) is 53.7 Å². The fourth-order valence-corrected chi connectivity index (χ4v) is 6.76. The highest BCUT2D eigenvalue weighted by Gasteiger charge is 2.52. The molecule has 0 saturated carbocycles. The van der Waals surface area contributed by atoms with Crippen LogP contribution in [0.4, 0.5) is 9.59 Å². The highest BCUT2D eigenvalue weighted by molar-refractivity contribution is 5.92. The number of nitrogens with one attached hydrogen (secondary N) is 2. The number of piperazine rings is 1. The van der Waals surface area contributed by atoms with E-state index < -0.39 is 18.3 Å². The summed E-state index contributed by atoms with van der Waals surface area (Å²) < 4.78 is 5.43. The van der Waals surface area contributed by atoms with Crippen LogP contribution in [0.2, 0.25) is 0 Å². The van der Waals surface area contributed by atoms with Gasteiger partial charge >= 0.3 is 12.1 Å². The smallest absolute Gasteiger partial charge is 0.410 e. The number of amides is 5. The lowest BCUT2D eigenvalue weighted by atomic mass is 9.99. The molecule has 0 aromatic heterocycles. The fourth-order valence-electron chi connectivity index (χ4n) is 6.76. The topological polar surface area (TPSA) is 118 Å². The van der Waals surface area contributed by atoms with Crippen LogP contribution in [-0.4, -0.2) is 108 Å². The molecule has 2 aliphatic rings. The number of carbonyl (C=O) groups is 4. The number of likely N-dealkylation sites (N-methyl/N-ethyl adjacent to an activating group) is 1. The van der Waals surface area contributed by atoms with Crippen LogP contribution in [0, 0.1) is 0 Å². The van der Waals surface area contributed by atoms with Gasteiger partial charge in [0.25, 0.3) is 0 Å². The van der Waals surface area contributed by atoms with Gasteiger partial charge in [0.2, 0.25) is 11.8 Å². The fraction of sp³-hybridized carbons (Fsp3) is 0.300. The molecule has 0 bridgehead atoms. The van der Waals surface area contributed by atoms with E-state index in [4.69, 9.17) is 4.74 Å². The maximum atomic E-state index is 14.4. The van der Waals surface area contributed by atoms with E-state index >= 15 is 0 Å². The second kappa shape index (κ2) is 16.5. The first-order valence-electron chi connectivity index (χ1n) is 17.4. The average Bonchev–Trinajstić information content (AvgIpc) is 3.47. The molecule has 2 atom stereocenters. The van der Waals surface area contributed by atoms with Crippen LogP contribution in [0.3, 0.4) is 0 Å². The number of rotatable bonds is 13. The van der Waals surface area contributed by atoms with E-state index in [-0.39, 0.29) is 43.9 Å². The molecule has 52 heavy (non-hydrogen) atoms. The van der Waals surface area contributed by atoms with Crippen LogP contribution in [-0.2, 0) is 29.1 Å². The normalized spacial score (nSPS) is 17.3. The number of hydrogen-bond donors (Lipinski definition) is 2. The van der Waals surface area contributed by atoms with E-state index in [0.717, 1.165) is 27.5 Å². The first-order valence-corrected chi connectivity index (χ1v) is 17.4. The third kappa shape index (κ3) is 8.42. The Labute approximate surface area is 304 Å². The largest absolute Gasteiger partial charge is 0.412 e. The molecular weight excluding hydrogens is 658 g/mol. The summed E-state index contributed by atoms with van der Waals surface area (Å²) in [5.74, 6) is -0.0576. The number of urea groups is 1. The Kier molecular flexibility index (Phi) is 11.5. The molecule has 6 rings (SSSR count). The highest BCUT2D eigenvalue weighted by Crippen LogP contribution is 2.31. The van der Waals surface area contributed by atoms with Crippen molar-refractivity contribution < 1.29 is 23.9 Å². The molecule has 12 nitrogen and oxygen atoms in total. The van der Waals surface area contributed by atoms with Crippen molar-refractivity contribution >= 4 is 34.7 Å². The van der Waals surface area contributed by atoms with Crippen molar-refractivity contribution in [3.8, 4) is 5.75 Å². The zero-order valence-corrected chi connectivity index (χ0v) is 29.6. The van der Waals surface area contributed by atoms with E-state index in [0.29, 0.717) is 31.9 Å². The lowest BCUT2D eigenvalue weighted by molar-refractivity contribution is -0.157. The zero-order chi connectivity index (χ0) is 36.6. The van der Waals surface area contributed by atoms with Gasteiger partial charge in [-0.2, -0.15) is 5.01 Å². The summed E-state index contributed by atoms with van der Waals surface area (Å²) >= 11 is 0. The number of hydrogen-bond acceptors (Lipinski definition) is 7. The Morgan fingerprint density at radius 1 is 0.904 bits per heavy atom. The third-order valence-electron chi connectivity index (χ3n) is 9.33. The van der Waals surface area contributed by atoms with Gasteiger partial charge in [0.15, 0.2) is 0 Å². The van der Waals surface area contributed by atoms with Crippen molar-refractivity contribution in [1.29, 1.82) is 0 Å². The van der Waals surface area contributed by atoms with Crippen LogP contribution in [0.25, 0.3) is 10.8 Å². The van der Waals surface area contributed by atoms with Gasteiger partial charge < -0.3 is 30.1 Å². The van der Waals surface area contributed by atoms with Crippen molar-refractivity contribution in [3.63, 3.8) is 0 Å². The molecule has 0 aliphatic carbocycles. The lowest BCUT2D eigenvalue weighted by Gasteiger charge is -2.46. The number of ether oxygens (including phenoxy) is 1. The second-order valence-electron chi connectivity index (χ2n) is 13.2. The molecule has 2 heterocycles. The summed E-state index contributed by atoms with van der Waals surface area (Å²) in [5.41, 5.74) is 2.72. The minimum absolute atomic E-state index is 0.0706. The van der Waals surface area contributed by atoms with Gasteiger partial charge in [-0.1, -0.05) is 91.0 Å². The predicted octanol–water partition coefficient (Wildman–Crippen LogP) is 4.23. The average molecular weight is 704 g/mol. The maximum Gasteiger partial charge on any atom is 0.412 e. The summed E-state index contributed by atoms with van der Waals surface area (Å²) in [7, 11) is 3.84. The molecule has 2 N–H and O–H groups in total. The Hall–Kier alpha value is -5.72. The monoisotopic (exact) mass is 703 g/mol. The quantitative estimate of drug-likeness (QED) is 0.200. The van der Waals surface area contributed by atoms with Crippen LogP contribution in [0.5, 0.6) is 5.75 Å². The Morgan fingerprint density at radius 3 is 2.38 bits per heavy atom. The van der Waals surface area contributed by atoms with Crippen LogP contribution < -0.4 is 15.4 Å². The van der Waals surface area contributed by atoms with Crippen molar-refractivity contribution in [2.75, 3.05) is 46.8 Å². The molecule has 2 fully saturated rings. The molecule has 0 unspecified atom stereocenters. The minimum atomic E-state index is -0.828. The molecule has 5 amide bonds. The number of hydrazine groups is 1. The standard InChI is InChI=1S/C40H45N7O5/c1-4-22-45(39(50)42-25-30-11-6-5-7-12-30)46-28-37(48)47-35(24-29-17-19-33(20-18-29)52-40(51)41-21-23-43(2)3)38(49)44(27-36(46)47)26-32-15-10-14-31-13-8-9-16-34(31)32/h4-20,35-36H,1,21-28H2,2-3H3,(H,41,51)(H,42,50)/t35-,36+/m0/s1. The summed E-state index contributed by atoms with van der Waals surface area (Å²) in [4.78, 5) is 59.7. The SMILES string of the molecule is C=CCN(C(=O)NCc1ccccc1)N1CC(=O)N2[C@@H](Cc3ccc(OC(=O)NCCN(C)C)cc3)C(=O)N(Cc3cccc4ccccc34)C[C@@H]21. The van der Waals surface area contributed by atoms with Crippen LogP contribution in [0.15, 0.2) is 110 Å². The molecule has 12 heteroatoms. The molecule has 4 aromatic rings. The summed E-state index contributed by atoms with van der Waals surface area (Å²) in [6.07, 6.45) is 0.711. The molecule has 4 aromatic carbocycles. The van der Waals surface area contributed by atoms with Gasteiger partial charge in [0, 0.05) is 32.6 Å². The molecule has 0 radical (unpaired) electrons. The number of nitrogens with zero attached hydrogens (tertiary/aromatic N) is 5. The zero-order valence-electron chi connectivity index (χ0n) is 29.6. The predicted molar refractivity (Wildman–Crippen MR) is 199 cm³/mol. The molecule has 270 valence electrons. The molecular formula is C40H45N7O5. The first kappa shape index (κ1) is 36.1. The maximum absolute atomic E-state index is 14.4. The van der Waals surface area contributed by atoms with E-state index in [9.17, 15) is 19.2 Å². The van der Waals surface area contributed by atoms with Gasteiger partial charge in [0.1, 0.15) is 18.0 Å². The van der Waals surface area contributed by atoms with Crippen LogP contribution in [0.1, 0.15) is 16.7 Å². The van der Waals surface area contributed by atoms with Gasteiger partial charge in [0.05, 0.1) is 19.6 Å². The Morgan fingerprint density at radius 2 is 1.63 bits per heavy atom. The summed E-state index contributed by atoms with van der Waals surface area (Å²) in [6, 6.07) is 29.5. The highest BCUT2D eigenvalue weighted by atomic mass is 16.6. The van der Waals surface area contributed by atoms with Crippen LogP contribution >= 0.6 is 0 Å². The van der Waals surface area contributed by atoms with Gasteiger partial charge in [-0.25, -0.2) is 9.59 Å². The third-order valence-corrected chi connectivity index (χ3v) is 9.33. The number of carbonyl (C=O) groups excluding carboxylic acids is 4. The van der Waals surface area contributed by atoms with Crippen molar-refractivity contribution in [2.45, 2.75) is 31.7 Å².